The lowest BCUT2D eigenvalue weighted by atomic mass is 9.51. The molecule has 4 rings (SSSR count). The van der Waals surface area contributed by atoms with Gasteiger partial charge in [0.1, 0.15) is 6.23 Å². The maximum Gasteiger partial charge on any atom is 0.143 e. The summed E-state index contributed by atoms with van der Waals surface area (Å²) < 4.78 is 0. The fourth-order valence-electron chi connectivity index (χ4n) is 5.73. The zero-order valence-corrected chi connectivity index (χ0v) is 13.7. The summed E-state index contributed by atoms with van der Waals surface area (Å²) >= 11 is 5.71. The number of fused-ring (bicyclic) bond motifs is 5. The minimum Gasteiger partial charge on any atom is -0.370 e. The van der Waals surface area contributed by atoms with Gasteiger partial charge in [-0.2, -0.15) is 0 Å². The number of aliphatic hydroxyl groups excluding tert-OH is 1. The third-order valence-electron chi connectivity index (χ3n) is 7.02. The molecule has 2 fully saturated rings. The smallest absolute Gasteiger partial charge is 0.143 e. The third-order valence-corrected chi connectivity index (χ3v) is 7.69. The standard InChI is InChI=1S/C18H25NOS/c1-17-10-8-16(20)19-14(17)5-3-11-12-4-6-15(21)18(12,2)9-7-13(11)17/h5,8,10-13,16,19-20H,3-4,6-7,9H2,1-2H3/t11-,12-,13+,16?,17+,18-/m0/s1. The molecule has 2 saturated carbocycles. The molecule has 1 heterocycles. The Labute approximate surface area is 132 Å². The lowest BCUT2D eigenvalue weighted by Gasteiger charge is -2.55. The van der Waals surface area contributed by atoms with Crippen molar-refractivity contribution in [1.29, 1.82) is 0 Å². The highest BCUT2D eigenvalue weighted by Crippen LogP contribution is 2.62. The summed E-state index contributed by atoms with van der Waals surface area (Å²) in [5, 5.41) is 13.1. The Hall–Kier alpha value is -0.670. The summed E-state index contributed by atoms with van der Waals surface area (Å²) in [6, 6.07) is 0. The van der Waals surface area contributed by atoms with Crippen molar-refractivity contribution in [3.63, 3.8) is 0 Å². The molecule has 0 aromatic rings. The van der Waals surface area contributed by atoms with Crippen LogP contribution in [0.25, 0.3) is 0 Å². The van der Waals surface area contributed by atoms with Gasteiger partial charge in [-0.1, -0.05) is 38.2 Å². The molecule has 0 bridgehead atoms. The normalized spacial score (nSPS) is 51.6. The molecule has 114 valence electrons. The minimum absolute atomic E-state index is 0.0771. The van der Waals surface area contributed by atoms with Crippen molar-refractivity contribution in [3.05, 3.63) is 23.9 Å². The molecule has 6 atom stereocenters. The monoisotopic (exact) mass is 303 g/mol. The third kappa shape index (κ3) is 1.77. The van der Waals surface area contributed by atoms with E-state index in [1.165, 1.54) is 29.8 Å². The topological polar surface area (TPSA) is 32.3 Å². The van der Waals surface area contributed by atoms with Gasteiger partial charge < -0.3 is 10.4 Å². The van der Waals surface area contributed by atoms with E-state index in [2.05, 4.69) is 31.3 Å². The summed E-state index contributed by atoms with van der Waals surface area (Å²) in [6.07, 6.45) is 12.1. The van der Waals surface area contributed by atoms with Gasteiger partial charge >= 0.3 is 0 Å². The van der Waals surface area contributed by atoms with Crippen molar-refractivity contribution in [1.82, 2.24) is 5.32 Å². The molecular weight excluding hydrogens is 278 g/mol. The lowest BCUT2D eigenvalue weighted by molar-refractivity contribution is 0.0139. The van der Waals surface area contributed by atoms with Crippen LogP contribution in [0.2, 0.25) is 0 Å². The first-order chi connectivity index (χ1) is 9.95. The number of nitrogens with one attached hydrogen (secondary N) is 1. The fourth-order valence-corrected chi connectivity index (χ4v) is 6.10. The van der Waals surface area contributed by atoms with Gasteiger partial charge in [-0.05, 0) is 60.8 Å². The van der Waals surface area contributed by atoms with Gasteiger partial charge in [-0.25, -0.2) is 0 Å². The predicted molar refractivity (Wildman–Crippen MR) is 88.7 cm³/mol. The van der Waals surface area contributed by atoms with Crippen molar-refractivity contribution in [2.75, 3.05) is 0 Å². The zero-order valence-electron chi connectivity index (χ0n) is 12.9. The highest BCUT2D eigenvalue weighted by Gasteiger charge is 2.56. The second kappa shape index (κ2) is 4.42. The Balaban J connectivity index is 1.72. The van der Waals surface area contributed by atoms with Crippen molar-refractivity contribution >= 4 is 17.1 Å². The van der Waals surface area contributed by atoms with E-state index in [0.717, 1.165) is 24.7 Å². The number of rotatable bonds is 0. The fraction of sp³-hybridized carbons (Fsp3) is 0.722. The van der Waals surface area contributed by atoms with Gasteiger partial charge in [-0.3, -0.25) is 0 Å². The molecule has 0 aromatic carbocycles. The molecule has 0 radical (unpaired) electrons. The maximum atomic E-state index is 9.83. The maximum absolute atomic E-state index is 9.83. The molecular formula is C18H25NOS. The molecule has 0 saturated heterocycles. The molecule has 3 heteroatoms. The minimum atomic E-state index is -0.520. The van der Waals surface area contributed by atoms with E-state index in [0.29, 0.717) is 11.3 Å². The summed E-state index contributed by atoms with van der Waals surface area (Å²) in [5.74, 6) is 2.20. The Bertz CT molecular complexity index is 553. The van der Waals surface area contributed by atoms with E-state index in [1.807, 2.05) is 6.08 Å². The first-order valence-corrected chi connectivity index (χ1v) is 8.74. The Morgan fingerprint density at radius 3 is 2.90 bits per heavy atom. The van der Waals surface area contributed by atoms with Crippen LogP contribution < -0.4 is 5.32 Å². The van der Waals surface area contributed by atoms with Gasteiger partial charge in [-0.15, -0.1) is 0 Å². The summed E-state index contributed by atoms with van der Waals surface area (Å²) in [7, 11) is 0. The number of hydrogen-bond donors (Lipinski definition) is 2. The number of aliphatic hydroxyl groups is 1. The van der Waals surface area contributed by atoms with E-state index in [4.69, 9.17) is 12.2 Å². The van der Waals surface area contributed by atoms with Crippen molar-refractivity contribution in [2.45, 2.75) is 52.2 Å². The Morgan fingerprint density at radius 2 is 2.10 bits per heavy atom. The number of thiocarbonyl (C=S) groups is 1. The van der Waals surface area contributed by atoms with Crippen molar-refractivity contribution < 1.29 is 5.11 Å². The van der Waals surface area contributed by atoms with Gasteiger partial charge in [0.2, 0.25) is 0 Å². The quantitative estimate of drug-likeness (QED) is 0.530. The van der Waals surface area contributed by atoms with Crippen molar-refractivity contribution in [2.24, 2.45) is 28.6 Å². The van der Waals surface area contributed by atoms with Crippen molar-refractivity contribution in [3.8, 4) is 0 Å². The Kier molecular flexibility index (Phi) is 2.94. The van der Waals surface area contributed by atoms with E-state index < -0.39 is 6.23 Å². The molecule has 21 heavy (non-hydrogen) atoms. The van der Waals surface area contributed by atoms with Crippen LogP contribution in [0.3, 0.4) is 0 Å². The molecule has 1 aliphatic heterocycles. The first kappa shape index (κ1) is 14.0. The second-order valence-electron chi connectivity index (χ2n) is 7.88. The van der Waals surface area contributed by atoms with E-state index in [-0.39, 0.29) is 5.41 Å². The van der Waals surface area contributed by atoms with Crippen LogP contribution in [0.15, 0.2) is 23.9 Å². The van der Waals surface area contributed by atoms with Crippen LogP contribution in [0.1, 0.15) is 46.0 Å². The largest absolute Gasteiger partial charge is 0.370 e. The van der Waals surface area contributed by atoms with Gasteiger partial charge in [0, 0.05) is 16.5 Å². The number of hydrogen-bond acceptors (Lipinski definition) is 3. The van der Waals surface area contributed by atoms with Gasteiger partial charge in [0.05, 0.1) is 0 Å². The molecule has 1 unspecified atom stereocenters. The second-order valence-corrected chi connectivity index (χ2v) is 8.37. The number of allylic oxidation sites excluding steroid dienone is 2. The van der Waals surface area contributed by atoms with Crippen LogP contribution in [0, 0.1) is 28.6 Å². The molecule has 2 N–H and O–H groups in total. The zero-order chi connectivity index (χ0) is 14.8. The van der Waals surface area contributed by atoms with Crippen LogP contribution >= 0.6 is 12.2 Å². The summed E-state index contributed by atoms with van der Waals surface area (Å²) in [4.78, 5) is 1.33. The molecule has 4 aliphatic rings. The predicted octanol–water partition coefficient (Wildman–Crippen LogP) is 3.57. The summed E-state index contributed by atoms with van der Waals surface area (Å²) in [5.41, 5.74) is 1.62. The average molecular weight is 303 g/mol. The van der Waals surface area contributed by atoms with Crippen LogP contribution in [-0.4, -0.2) is 16.2 Å². The van der Waals surface area contributed by atoms with E-state index in [1.54, 1.807) is 0 Å². The Morgan fingerprint density at radius 1 is 1.29 bits per heavy atom. The lowest BCUT2D eigenvalue weighted by Crippen LogP contribution is -2.52. The van der Waals surface area contributed by atoms with Crippen LogP contribution in [0.5, 0.6) is 0 Å². The van der Waals surface area contributed by atoms with Crippen LogP contribution in [-0.2, 0) is 0 Å². The van der Waals surface area contributed by atoms with Gasteiger partial charge in [0.25, 0.3) is 0 Å². The highest BCUT2D eigenvalue weighted by atomic mass is 32.1. The molecule has 3 aliphatic carbocycles. The van der Waals surface area contributed by atoms with E-state index in [9.17, 15) is 5.11 Å². The SMILES string of the molecule is C[C@]12C=CC(O)NC1=CC[C@@H]1[C@H]2CC[C@]2(C)C(=S)CC[C@@H]12. The first-order valence-electron chi connectivity index (χ1n) is 8.33. The molecule has 2 nitrogen and oxygen atoms in total. The molecule has 0 aromatic heterocycles. The van der Waals surface area contributed by atoms with Gasteiger partial charge in [0.15, 0.2) is 0 Å². The van der Waals surface area contributed by atoms with Crippen LogP contribution in [0.4, 0.5) is 0 Å². The molecule has 0 spiro atoms. The summed E-state index contributed by atoms with van der Waals surface area (Å²) in [6.45, 7) is 4.77. The van der Waals surface area contributed by atoms with E-state index >= 15 is 0 Å². The molecule has 0 amide bonds. The highest BCUT2D eigenvalue weighted by molar-refractivity contribution is 7.80. The average Bonchev–Trinajstić information content (AvgIpc) is 2.76.